The predicted molar refractivity (Wildman–Crippen MR) is 79.8 cm³/mol. The monoisotopic (exact) mass is 279 g/mol. The summed E-state index contributed by atoms with van der Waals surface area (Å²) in [7, 11) is 1.95. The first-order valence-electron chi connectivity index (χ1n) is 6.92. The molecule has 1 aromatic rings. The molecule has 0 saturated carbocycles. The first-order valence-corrected chi connectivity index (χ1v) is 6.92. The molecule has 1 heterocycles. The van der Waals surface area contributed by atoms with Crippen molar-refractivity contribution in [2.45, 2.75) is 38.8 Å². The van der Waals surface area contributed by atoms with E-state index in [1.807, 2.05) is 37.9 Å². The topological polar surface area (TPSA) is 65.5 Å². The quantitative estimate of drug-likeness (QED) is 0.753. The van der Waals surface area contributed by atoms with Crippen molar-refractivity contribution >= 4 is 5.97 Å². The molecule has 0 saturated heterocycles. The molecule has 2 N–H and O–H groups in total. The van der Waals surface area contributed by atoms with Crippen LogP contribution in [0.3, 0.4) is 0 Å². The molecule has 0 aromatic carbocycles. The molecule has 0 aliphatic rings. The summed E-state index contributed by atoms with van der Waals surface area (Å²) in [6.07, 6.45) is 4.43. The molecule has 0 fully saturated rings. The molecule has 0 aliphatic heterocycles. The van der Waals surface area contributed by atoms with Gasteiger partial charge in [0, 0.05) is 31.5 Å². The number of rotatable bonds is 8. The molecule has 1 unspecified atom stereocenters. The number of likely N-dealkylation sites (N-methyl/N-ethyl adjacent to an activating group) is 1. The number of pyridine rings is 1. The van der Waals surface area contributed by atoms with Crippen molar-refractivity contribution in [1.29, 1.82) is 0 Å². The van der Waals surface area contributed by atoms with Crippen molar-refractivity contribution in [1.82, 2.24) is 15.2 Å². The van der Waals surface area contributed by atoms with Gasteiger partial charge in [0.05, 0.1) is 0 Å². The summed E-state index contributed by atoms with van der Waals surface area (Å²) in [6.45, 7) is 6.92. The van der Waals surface area contributed by atoms with Crippen LogP contribution in [0.2, 0.25) is 0 Å². The molecule has 0 amide bonds. The van der Waals surface area contributed by atoms with Gasteiger partial charge in [-0.25, -0.2) is 0 Å². The summed E-state index contributed by atoms with van der Waals surface area (Å²) in [4.78, 5) is 17.5. The fourth-order valence-corrected chi connectivity index (χ4v) is 2.30. The third-order valence-electron chi connectivity index (χ3n) is 3.20. The minimum atomic E-state index is -0.929. The Labute approximate surface area is 121 Å². The van der Waals surface area contributed by atoms with Crippen LogP contribution in [0.1, 0.15) is 26.3 Å². The third kappa shape index (κ3) is 5.27. The van der Waals surface area contributed by atoms with E-state index in [0.717, 1.165) is 13.0 Å². The standard InChI is InChI=1S/C15H25N3O2/c1-12(2)17-15(3,14(19)20)11-18(4)10-7-13-5-8-16-9-6-13/h5-6,8-9,12,17H,7,10-11H2,1-4H3,(H,19,20). The lowest BCUT2D eigenvalue weighted by atomic mass is 10.0. The summed E-state index contributed by atoms with van der Waals surface area (Å²) in [5.74, 6) is -0.818. The number of hydrogen-bond acceptors (Lipinski definition) is 4. The molecule has 0 aliphatic carbocycles. The van der Waals surface area contributed by atoms with E-state index in [1.165, 1.54) is 5.56 Å². The van der Waals surface area contributed by atoms with Gasteiger partial charge in [0.25, 0.3) is 0 Å². The second-order valence-corrected chi connectivity index (χ2v) is 5.78. The van der Waals surface area contributed by atoms with Gasteiger partial charge in [0.15, 0.2) is 0 Å². The van der Waals surface area contributed by atoms with Gasteiger partial charge < -0.3 is 10.0 Å². The Kier molecular flexibility index (Phi) is 6.10. The van der Waals surface area contributed by atoms with E-state index in [2.05, 4.69) is 10.3 Å². The van der Waals surface area contributed by atoms with E-state index in [4.69, 9.17) is 0 Å². The largest absolute Gasteiger partial charge is 0.480 e. The van der Waals surface area contributed by atoms with E-state index in [-0.39, 0.29) is 6.04 Å². The average Bonchev–Trinajstić information content (AvgIpc) is 2.36. The van der Waals surface area contributed by atoms with Gasteiger partial charge in [-0.05, 0) is 51.9 Å². The molecule has 0 radical (unpaired) electrons. The van der Waals surface area contributed by atoms with Gasteiger partial charge in [0.1, 0.15) is 5.54 Å². The van der Waals surface area contributed by atoms with Crippen LogP contribution < -0.4 is 5.32 Å². The summed E-state index contributed by atoms with van der Waals surface area (Å²) in [5, 5.41) is 12.6. The zero-order valence-corrected chi connectivity index (χ0v) is 12.8. The number of carboxylic acids is 1. The van der Waals surface area contributed by atoms with Crippen LogP contribution in [0.15, 0.2) is 24.5 Å². The highest BCUT2D eigenvalue weighted by atomic mass is 16.4. The number of aromatic nitrogens is 1. The van der Waals surface area contributed by atoms with Crippen LogP contribution in [0.25, 0.3) is 0 Å². The minimum Gasteiger partial charge on any atom is -0.480 e. The summed E-state index contributed by atoms with van der Waals surface area (Å²) in [5.41, 5.74) is 0.280. The van der Waals surface area contributed by atoms with Crippen LogP contribution in [0.5, 0.6) is 0 Å². The SMILES string of the molecule is CC(C)NC(C)(CN(C)CCc1ccncc1)C(=O)O. The van der Waals surface area contributed by atoms with Crippen molar-refractivity contribution in [3.05, 3.63) is 30.1 Å². The van der Waals surface area contributed by atoms with Crippen LogP contribution in [-0.2, 0) is 11.2 Å². The third-order valence-corrected chi connectivity index (χ3v) is 3.20. The Hall–Kier alpha value is -1.46. The second kappa shape index (κ2) is 7.36. The minimum absolute atomic E-state index is 0.129. The van der Waals surface area contributed by atoms with Gasteiger partial charge in [-0.2, -0.15) is 0 Å². The number of carbonyl (C=O) groups is 1. The van der Waals surface area contributed by atoms with E-state index in [1.54, 1.807) is 19.3 Å². The molecular weight excluding hydrogens is 254 g/mol. The summed E-state index contributed by atoms with van der Waals surface area (Å²) in [6, 6.07) is 4.09. The normalized spacial score (nSPS) is 14.5. The first kappa shape index (κ1) is 16.6. The van der Waals surface area contributed by atoms with E-state index in [9.17, 15) is 9.90 Å². The molecule has 20 heavy (non-hydrogen) atoms. The molecule has 1 atom stereocenters. The Balaban J connectivity index is 2.54. The van der Waals surface area contributed by atoms with Crippen molar-refractivity contribution in [3.8, 4) is 0 Å². The second-order valence-electron chi connectivity index (χ2n) is 5.78. The fourth-order valence-electron chi connectivity index (χ4n) is 2.30. The molecule has 0 bridgehead atoms. The van der Waals surface area contributed by atoms with E-state index >= 15 is 0 Å². The van der Waals surface area contributed by atoms with Crippen LogP contribution in [0, 0.1) is 0 Å². The first-order chi connectivity index (χ1) is 9.33. The van der Waals surface area contributed by atoms with Crippen LogP contribution >= 0.6 is 0 Å². The molecular formula is C15H25N3O2. The zero-order valence-electron chi connectivity index (χ0n) is 12.8. The van der Waals surface area contributed by atoms with Gasteiger partial charge in [0.2, 0.25) is 0 Å². The van der Waals surface area contributed by atoms with E-state index < -0.39 is 11.5 Å². The van der Waals surface area contributed by atoms with Gasteiger partial charge >= 0.3 is 5.97 Å². The molecule has 1 aromatic heterocycles. The molecule has 5 nitrogen and oxygen atoms in total. The van der Waals surface area contributed by atoms with Crippen molar-refractivity contribution in [2.24, 2.45) is 0 Å². The zero-order chi connectivity index (χ0) is 15.2. The number of carboxylic acid groups (broad SMARTS) is 1. The summed E-state index contributed by atoms with van der Waals surface area (Å²) < 4.78 is 0. The summed E-state index contributed by atoms with van der Waals surface area (Å²) >= 11 is 0. The van der Waals surface area contributed by atoms with Gasteiger partial charge in [-0.1, -0.05) is 0 Å². The Bertz CT molecular complexity index is 422. The lowest BCUT2D eigenvalue weighted by Gasteiger charge is -2.32. The number of nitrogens with one attached hydrogen (secondary N) is 1. The highest BCUT2D eigenvalue weighted by Gasteiger charge is 2.34. The van der Waals surface area contributed by atoms with Gasteiger partial charge in [-0.3, -0.25) is 15.1 Å². The fraction of sp³-hybridized carbons (Fsp3) is 0.600. The van der Waals surface area contributed by atoms with Gasteiger partial charge in [-0.15, -0.1) is 0 Å². The maximum absolute atomic E-state index is 11.5. The average molecular weight is 279 g/mol. The highest BCUT2D eigenvalue weighted by Crippen LogP contribution is 2.09. The Morgan fingerprint density at radius 2 is 2.05 bits per heavy atom. The highest BCUT2D eigenvalue weighted by molar-refractivity contribution is 5.78. The number of hydrogen-bond donors (Lipinski definition) is 2. The maximum Gasteiger partial charge on any atom is 0.324 e. The smallest absolute Gasteiger partial charge is 0.324 e. The number of aliphatic carboxylic acids is 1. The Morgan fingerprint density at radius 3 is 2.55 bits per heavy atom. The number of nitrogens with zero attached hydrogens (tertiary/aromatic N) is 2. The maximum atomic E-state index is 11.5. The van der Waals surface area contributed by atoms with E-state index in [0.29, 0.717) is 6.54 Å². The van der Waals surface area contributed by atoms with Crippen molar-refractivity contribution < 1.29 is 9.90 Å². The Morgan fingerprint density at radius 1 is 1.45 bits per heavy atom. The lowest BCUT2D eigenvalue weighted by Crippen LogP contribution is -2.58. The molecule has 1 rings (SSSR count). The molecule has 0 spiro atoms. The molecule has 5 heteroatoms. The van der Waals surface area contributed by atoms with Crippen molar-refractivity contribution in [2.75, 3.05) is 20.1 Å². The van der Waals surface area contributed by atoms with Crippen LogP contribution in [-0.4, -0.2) is 52.7 Å². The molecule has 112 valence electrons. The van der Waals surface area contributed by atoms with Crippen LogP contribution in [0.4, 0.5) is 0 Å². The van der Waals surface area contributed by atoms with Crippen molar-refractivity contribution in [3.63, 3.8) is 0 Å². The lowest BCUT2D eigenvalue weighted by molar-refractivity contribution is -0.145. The predicted octanol–water partition coefficient (Wildman–Crippen LogP) is 1.40.